The summed E-state index contributed by atoms with van der Waals surface area (Å²) in [5.41, 5.74) is 5.56. The second-order valence-corrected chi connectivity index (χ2v) is 13.0. The third-order valence-electron chi connectivity index (χ3n) is 9.91. The Hall–Kier alpha value is -3.62. The number of carbonyl (C=O) groups is 2. The smallest absolute Gasteiger partial charge is 0.256 e. The highest BCUT2D eigenvalue weighted by Crippen LogP contribution is 2.41. The van der Waals surface area contributed by atoms with E-state index in [-0.39, 0.29) is 17.2 Å². The lowest BCUT2D eigenvalue weighted by Crippen LogP contribution is -2.31. The second kappa shape index (κ2) is 18.1. The molecule has 0 saturated heterocycles. The lowest BCUT2D eigenvalue weighted by atomic mass is 9.70. The van der Waals surface area contributed by atoms with Gasteiger partial charge in [-0.15, -0.1) is 0 Å². The van der Waals surface area contributed by atoms with Gasteiger partial charge in [-0.1, -0.05) is 81.9 Å². The molecule has 2 aliphatic rings. The third-order valence-corrected chi connectivity index (χ3v) is 9.91. The van der Waals surface area contributed by atoms with Crippen molar-refractivity contribution in [2.24, 2.45) is 0 Å². The Morgan fingerprint density at radius 1 is 0.894 bits per heavy atom. The molecule has 0 radical (unpaired) electrons. The molecule has 2 aromatic carbocycles. The van der Waals surface area contributed by atoms with Crippen molar-refractivity contribution in [2.45, 2.75) is 130 Å². The van der Waals surface area contributed by atoms with Gasteiger partial charge in [0.15, 0.2) is 0 Å². The number of unbranched alkanes of at least 4 members (excludes halogenated alkanes) is 3. The third kappa shape index (κ3) is 9.71. The first-order chi connectivity index (χ1) is 22.6. The molecule has 5 nitrogen and oxygen atoms in total. The summed E-state index contributed by atoms with van der Waals surface area (Å²) in [6.45, 7) is 15.8. The van der Waals surface area contributed by atoms with Crippen LogP contribution in [-0.2, 0) is 15.0 Å². The Bertz CT molecular complexity index is 1470. The van der Waals surface area contributed by atoms with Crippen molar-refractivity contribution >= 4 is 11.8 Å². The zero-order valence-corrected chi connectivity index (χ0v) is 30.0. The molecule has 2 amide bonds. The van der Waals surface area contributed by atoms with E-state index >= 15 is 0 Å². The van der Waals surface area contributed by atoms with Gasteiger partial charge in [-0.25, -0.2) is 0 Å². The Labute approximate surface area is 284 Å². The van der Waals surface area contributed by atoms with E-state index < -0.39 is 5.60 Å². The first kappa shape index (κ1) is 37.8. The number of nitrogens with zero attached hydrogens (tertiary/aromatic N) is 1. The van der Waals surface area contributed by atoms with Crippen molar-refractivity contribution in [3.8, 4) is 17.6 Å². The molecule has 0 bridgehead atoms. The summed E-state index contributed by atoms with van der Waals surface area (Å²) in [6, 6.07) is 13.2. The lowest BCUT2D eigenvalue weighted by Gasteiger charge is -2.34. The average Bonchev–Trinajstić information content (AvgIpc) is 3.63. The zero-order valence-electron chi connectivity index (χ0n) is 30.0. The van der Waals surface area contributed by atoms with Crippen LogP contribution >= 0.6 is 0 Å². The fraction of sp³-hybridized carbons (Fsp3) is 0.524. The van der Waals surface area contributed by atoms with Crippen LogP contribution in [0.25, 0.3) is 0 Å². The number of rotatable bonds is 13. The monoisotopic (exact) mass is 639 g/mol. The van der Waals surface area contributed by atoms with E-state index in [9.17, 15) is 14.7 Å². The maximum Gasteiger partial charge on any atom is 0.256 e. The average molecular weight is 640 g/mol. The number of aryl methyl sites for hydroxylation is 2. The van der Waals surface area contributed by atoms with Gasteiger partial charge in [0.2, 0.25) is 0 Å². The minimum absolute atomic E-state index is 0.102. The number of amides is 2. The van der Waals surface area contributed by atoms with E-state index in [2.05, 4.69) is 75.9 Å². The fourth-order valence-corrected chi connectivity index (χ4v) is 6.65. The topological polar surface area (TPSA) is 66.8 Å². The summed E-state index contributed by atoms with van der Waals surface area (Å²) in [7, 11) is 0. The molecule has 1 heterocycles. The van der Waals surface area contributed by atoms with Crippen LogP contribution in [0.15, 0.2) is 60.2 Å². The Balaban J connectivity index is 0.00000142. The first-order valence-corrected chi connectivity index (χ1v) is 17.8. The van der Waals surface area contributed by atoms with Crippen LogP contribution < -0.4 is 4.74 Å². The van der Waals surface area contributed by atoms with E-state index in [0.29, 0.717) is 25.1 Å². The van der Waals surface area contributed by atoms with E-state index in [1.54, 1.807) is 0 Å². The summed E-state index contributed by atoms with van der Waals surface area (Å²) in [5, 5.41) is 10.7. The Morgan fingerprint density at radius 2 is 1.51 bits per heavy atom. The van der Waals surface area contributed by atoms with Crippen LogP contribution in [0, 0.1) is 25.7 Å². The van der Waals surface area contributed by atoms with Gasteiger partial charge >= 0.3 is 0 Å². The number of aliphatic hydroxyl groups is 1. The van der Waals surface area contributed by atoms with E-state index in [4.69, 9.17) is 4.74 Å². The molecule has 1 aliphatic heterocycles. The summed E-state index contributed by atoms with van der Waals surface area (Å²) in [4.78, 5) is 25.6. The van der Waals surface area contributed by atoms with Crippen molar-refractivity contribution in [1.29, 1.82) is 0 Å². The van der Waals surface area contributed by atoms with E-state index in [1.807, 2.05) is 32.9 Å². The fourth-order valence-electron chi connectivity index (χ4n) is 6.65. The molecule has 5 heteroatoms. The van der Waals surface area contributed by atoms with Gasteiger partial charge in [0, 0.05) is 29.2 Å². The molecule has 0 aromatic heterocycles. The summed E-state index contributed by atoms with van der Waals surface area (Å²) < 4.78 is 6.17. The van der Waals surface area contributed by atoms with Gasteiger partial charge in [0.05, 0.1) is 6.61 Å². The van der Waals surface area contributed by atoms with Crippen molar-refractivity contribution in [1.82, 2.24) is 4.90 Å². The van der Waals surface area contributed by atoms with Gasteiger partial charge in [0.25, 0.3) is 11.8 Å². The molecule has 2 aromatic rings. The van der Waals surface area contributed by atoms with Crippen LogP contribution in [0.1, 0.15) is 133 Å². The molecule has 1 N–H and O–H groups in total. The quantitative estimate of drug-likeness (QED) is 0.103. The number of hydrogen-bond acceptors (Lipinski definition) is 4. The van der Waals surface area contributed by atoms with Crippen molar-refractivity contribution in [3.63, 3.8) is 0 Å². The second-order valence-electron chi connectivity index (χ2n) is 13.0. The molecular formula is C42H57NO4. The molecule has 0 atom stereocenters. The van der Waals surface area contributed by atoms with Crippen molar-refractivity contribution in [3.05, 3.63) is 88.0 Å². The first-order valence-electron chi connectivity index (χ1n) is 17.8. The molecule has 0 spiro atoms. The van der Waals surface area contributed by atoms with E-state index in [1.165, 1.54) is 22.1 Å². The maximum atomic E-state index is 12.2. The molecule has 47 heavy (non-hydrogen) atoms. The number of allylic oxidation sites excluding steroid dienone is 2. The van der Waals surface area contributed by atoms with Gasteiger partial charge in [-0.05, 0) is 120 Å². The molecular weight excluding hydrogens is 582 g/mol. The Morgan fingerprint density at radius 3 is 2.06 bits per heavy atom. The molecule has 1 saturated carbocycles. The van der Waals surface area contributed by atoms with Crippen LogP contribution in [0.5, 0.6) is 5.75 Å². The Kier molecular flexibility index (Phi) is 14.5. The minimum atomic E-state index is -0.823. The van der Waals surface area contributed by atoms with Crippen molar-refractivity contribution in [2.75, 3.05) is 13.2 Å². The SMILES string of the molecule is C/C=C\C.CCC1=CC(=O)N(CCCCCCOc2ccc(C(CC)(CC)c3ccc(C#CC4(O)CCCC4)c(C)c3)cc2C)C1=O. The predicted octanol–water partition coefficient (Wildman–Crippen LogP) is 9.29. The predicted molar refractivity (Wildman–Crippen MR) is 194 cm³/mol. The maximum absolute atomic E-state index is 12.2. The summed E-state index contributed by atoms with van der Waals surface area (Å²) in [6.07, 6.45) is 15.4. The van der Waals surface area contributed by atoms with Crippen molar-refractivity contribution < 1.29 is 19.4 Å². The number of hydrogen-bond donors (Lipinski definition) is 1. The van der Waals surface area contributed by atoms with Crippen LogP contribution in [-0.4, -0.2) is 40.6 Å². The van der Waals surface area contributed by atoms with Crippen LogP contribution in [0.3, 0.4) is 0 Å². The molecule has 0 unspecified atom stereocenters. The normalized spacial score (nSPS) is 15.7. The summed E-state index contributed by atoms with van der Waals surface area (Å²) in [5.74, 6) is 7.06. The highest BCUT2D eigenvalue weighted by atomic mass is 16.5. The number of benzene rings is 2. The molecule has 1 fully saturated rings. The number of ether oxygens (including phenoxy) is 1. The van der Waals surface area contributed by atoms with Gasteiger partial charge in [-0.3, -0.25) is 14.5 Å². The van der Waals surface area contributed by atoms with E-state index in [0.717, 1.165) is 86.6 Å². The highest BCUT2D eigenvalue weighted by Gasteiger charge is 2.32. The summed E-state index contributed by atoms with van der Waals surface area (Å²) >= 11 is 0. The standard InChI is InChI=1S/C38H49NO4.C4H8/c1-6-30-27-35(40)39(36(30)41)23-13-9-10-14-24-43-34-18-17-33(26-29(34)5)38(7-2,8-3)32-16-15-31(28(4)25-32)19-22-37(42)20-11-12-21-37;1-3-4-2/h15-18,25-27,42H,6-14,20-21,23-24H2,1-5H3;3-4H,1-2H3/b;4-3-. The highest BCUT2D eigenvalue weighted by molar-refractivity contribution is 6.16. The largest absolute Gasteiger partial charge is 0.493 e. The number of carbonyl (C=O) groups excluding carboxylic acids is 2. The zero-order chi connectivity index (χ0) is 34.5. The van der Waals surface area contributed by atoms with Gasteiger partial charge in [-0.2, -0.15) is 0 Å². The molecule has 4 rings (SSSR count). The van der Waals surface area contributed by atoms with Gasteiger partial charge in [0.1, 0.15) is 11.4 Å². The number of imide groups is 1. The molecule has 1 aliphatic carbocycles. The minimum Gasteiger partial charge on any atom is -0.493 e. The van der Waals surface area contributed by atoms with Crippen LogP contribution in [0.2, 0.25) is 0 Å². The molecule has 254 valence electrons. The van der Waals surface area contributed by atoms with Crippen LogP contribution in [0.4, 0.5) is 0 Å². The lowest BCUT2D eigenvalue weighted by molar-refractivity contribution is -0.137. The van der Waals surface area contributed by atoms with Gasteiger partial charge < -0.3 is 9.84 Å².